The zero-order chi connectivity index (χ0) is 13.8. The lowest BCUT2D eigenvalue weighted by molar-refractivity contribution is 0.0237. The van der Waals surface area contributed by atoms with Crippen LogP contribution >= 0.6 is 0 Å². The van der Waals surface area contributed by atoms with Crippen LogP contribution in [0.3, 0.4) is 0 Å². The van der Waals surface area contributed by atoms with Gasteiger partial charge in [0.05, 0.1) is 18.8 Å². The van der Waals surface area contributed by atoms with E-state index in [1.807, 2.05) is 10.9 Å². The predicted molar refractivity (Wildman–Crippen MR) is 76.7 cm³/mol. The molecule has 3 heterocycles. The lowest BCUT2D eigenvalue weighted by atomic mass is 9.92. The van der Waals surface area contributed by atoms with Gasteiger partial charge >= 0.3 is 0 Å². The molecule has 0 amide bonds. The van der Waals surface area contributed by atoms with Crippen molar-refractivity contribution in [2.45, 2.75) is 44.2 Å². The maximum atomic E-state index is 8.97. The molecule has 112 valence electrons. The van der Waals surface area contributed by atoms with Gasteiger partial charge in [-0.05, 0) is 38.3 Å². The summed E-state index contributed by atoms with van der Waals surface area (Å²) in [7, 11) is 0. The summed E-state index contributed by atoms with van der Waals surface area (Å²) in [6, 6.07) is 2.82. The van der Waals surface area contributed by atoms with E-state index in [9.17, 15) is 0 Å². The van der Waals surface area contributed by atoms with E-state index in [2.05, 4.69) is 16.1 Å². The highest BCUT2D eigenvalue weighted by molar-refractivity contribution is 5.08. The summed E-state index contributed by atoms with van der Waals surface area (Å²) >= 11 is 0. The molecule has 0 bridgehead atoms. The molecule has 1 aromatic heterocycles. The summed E-state index contributed by atoms with van der Waals surface area (Å²) in [6.45, 7) is 4.92. The minimum absolute atomic E-state index is 0.153. The first-order valence-corrected chi connectivity index (χ1v) is 7.83. The lowest BCUT2D eigenvalue weighted by Gasteiger charge is -2.39. The molecule has 2 fully saturated rings. The largest absolute Gasteiger partial charge is 0.394 e. The molecule has 1 atom stereocenters. The van der Waals surface area contributed by atoms with Gasteiger partial charge in [0, 0.05) is 37.9 Å². The van der Waals surface area contributed by atoms with Crippen LogP contribution in [-0.2, 0) is 11.3 Å². The Labute approximate surface area is 120 Å². The number of nitrogens with zero attached hydrogens (tertiary/aromatic N) is 3. The van der Waals surface area contributed by atoms with Gasteiger partial charge in [-0.1, -0.05) is 0 Å². The Morgan fingerprint density at radius 1 is 1.30 bits per heavy atom. The number of likely N-dealkylation sites (tertiary alicyclic amines) is 1. The SMILES string of the molecule is OCCn1ccc([C@@H]2CCCN(C3CCOCC3)C2)n1. The summed E-state index contributed by atoms with van der Waals surface area (Å²) in [5.74, 6) is 0.548. The van der Waals surface area contributed by atoms with Crippen molar-refractivity contribution < 1.29 is 9.84 Å². The fraction of sp³-hybridized carbons (Fsp3) is 0.800. The van der Waals surface area contributed by atoms with Crippen LogP contribution in [-0.4, -0.2) is 58.7 Å². The molecule has 2 saturated heterocycles. The first-order chi connectivity index (χ1) is 9.86. The molecule has 5 nitrogen and oxygen atoms in total. The van der Waals surface area contributed by atoms with E-state index in [-0.39, 0.29) is 6.61 Å². The van der Waals surface area contributed by atoms with Crippen LogP contribution in [0.4, 0.5) is 0 Å². The lowest BCUT2D eigenvalue weighted by Crippen LogP contribution is -2.44. The predicted octanol–water partition coefficient (Wildman–Crippen LogP) is 1.23. The second-order valence-electron chi connectivity index (χ2n) is 5.90. The molecule has 0 radical (unpaired) electrons. The minimum Gasteiger partial charge on any atom is -0.394 e. The first kappa shape index (κ1) is 14.0. The maximum Gasteiger partial charge on any atom is 0.0668 e. The maximum absolute atomic E-state index is 8.97. The summed E-state index contributed by atoms with van der Waals surface area (Å²) < 4.78 is 7.32. The van der Waals surface area contributed by atoms with Gasteiger partial charge < -0.3 is 9.84 Å². The normalized spacial score (nSPS) is 25.9. The molecule has 20 heavy (non-hydrogen) atoms. The van der Waals surface area contributed by atoms with Crippen molar-refractivity contribution >= 4 is 0 Å². The van der Waals surface area contributed by atoms with Crippen LogP contribution in [0.2, 0.25) is 0 Å². The zero-order valence-corrected chi connectivity index (χ0v) is 12.1. The monoisotopic (exact) mass is 279 g/mol. The minimum atomic E-state index is 0.153. The van der Waals surface area contributed by atoms with Gasteiger partial charge in [-0.25, -0.2) is 0 Å². The van der Waals surface area contributed by atoms with E-state index in [1.165, 1.54) is 37.9 Å². The topological polar surface area (TPSA) is 50.5 Å². The average molecular weight is 279 g/mol. The number of aliphatic hydroxyl groups is 1. The van der Waals surface area contributed by atoms with E-state index in [4.69, 9.17) is 9.84 Å². The second-order valence-corrected chi connectivity index (χ2v) is 5.90. The Balaban J connectivity index is 1.61. The van der Waals surface area contributed by atoms with Crippen molar-refractivity contribution in [3.05, 3.63) is 18.0 Å². The Morgan fingerprint density at radius 3 is 2.95 bits per heavy atom. The first-order valence-electron chi connectivity index (χ1n) is 7.83. The Hall–Kier alpha value is -0.910. The van der Waals surface area contributed by atoms with Crippen molar-refractivity contribution in [2.24, 2.45) is 0 Å². The molecule has 2 aliphatic rings. The van der Waals surface area contributed by atoms with Gasteiger partial charge in [0.2, 0.25) is 0 Å². The summed E-state index contributed by atoms with van der Waals surface area (Å²) in [6.07, 6.45) is 6.82. The van der Waals surface area contributed by atoms with Crippen molar-refractivity contribution in [1.29, 1.82) is 0 Å². The van der Waals surface area contributed by atoms with Crippen LogP contribution in [0.15, 0.2) is 12.3 Å². The fourth-order valence-electron chi connectivity index (χ4n) is 3.45. The molecule has 2 aliphatic heterocycles. The molecule has 0 saturated carbocycles. The van der Waals surface area contributed by atoms with Crippen LogP contribution in [0.5, 0.6) is 0 Å². The highest BCUT2D eigenvalue weighted by Crippen LogP contribution is 2.28. The molecule has 5 heteroatoms. The number of hydrogen-bond acceptors (Lipinski definition) is 4. The number of ether oxygens (including phenoxy) is 1. The van der Waals surface area contributed by atoms with E-state index >= 15 is 0 Å². The Kier molecular flexibility index (Phi) is 4.70. The Morgan fingerprint density at radius 2 is 2.15 bits per heavy atom. The highest BCUT2D eigenvalue weighted by Gasteiger charge is 2.28. The van der Waals surface area contributed by atoms with Crippen molar-refractivity contribution in [3.8, 4) is 0 Å². The molecule has 0 aromatic carbocycles. The van der Waals surface area contributed by atoms with Gasteiger partial charge in [0.1, 0.15) is 0 Å². The third-order valence-corrected chi connectivity index (χ3v) is 4.57. The number of aromatic nitrogens is 2. The second kappa shape index (κ2) is 6.70. The number of aliphatic hydroxyl groups excluding tert-OH is 1. The van der Waals surface area contributed by atoms with E-state index < -0.39 is 0 Å². The van der Waals surface area contributed by atoms with Gasteiger partial charge in [0.25, 0.3) is 0 Å². The van der Waals surface area contributed by atoms with Gasteiger partial charge in [-0.15, -0.1) is 0 Å². The highest BCUT2D eigenvalue weighted by atomic mass is 16.5. The number of hydrogen-bond donors (Lipinski definition) is 1. The number of rotatable bonds is 4. The van der Waals surface area contributed by atoms with Crippen molar-refractivity contribution in [3.63, 3.8) is 0 Å². The molecule has 1 aromatic rings. The summed E-state index contributed by atoms with van der Waals surface area (Å²) in [5, 5.41) is 13.6. The van der Waals surface area contributed by atoms with Crippen LogP contribution in [0, 0.1) is 0 Å². The zero-order valence-electron chi connectivity index (χ0n) is 12.1. The standard InChI is InChI=1S/C15H25N3O2/c19-9-8-18-7-3-15(16-18)13-2-1-6-17(12-13)14-4-10-20-11-5-14/h3,7,13-14,19H,1-2,4-6,8-12H2/t13-/m1/s1. The summed E-state index contributed by atoms with van der Waals surface area (Å²) in [5.41, 5.74) is 1.19. The quantitative estimate of drug-likeness (QED) is 0.901. The molecule has 3 rings (SSSR count). The smallest absolute Gasteiger partial charge is 0.0668 e. The van der Waals surface area contributed by atoms with E-state index in [0.717, 1.165) is 19.8 Å². The Bertz CT molecular complexity index is 415. The van der Waals surface area contributed by atoms with Gasteiger partial charge in [-0.2, -0.15) is 5.10 Å². The van der Waals surface area contributed by atoms with Crippen molar-refractivity contribution in [2.75, 3.05) is 32.9 Å². The van der Waals surface area contributed by atoms with Gasteiger partial charge in [0.15, 0.2) is 0 Å². The van der Waals surface area contributed by atoms with Crippen LogP contribution in [0.1, 0.15) is 37.3 Å². The van der Waals surface area contributed by atoms with E-state index in [0.29, 0.717) is 18.5 Å². The number of piperidine rings is 1. The van der Waals surface area contributed by atoms with Crippen LogP contribution in [0.25, 0.3) is 0 Å². The molecule has 1 N–H and O–H groups in total. The molecule has 0 spiro atoms. The third-order valence-electron chi connectivity index (χ3n) is 4.57. The van der Waals surface area contributed by atoms with Crippen molar-refractivity contribution in [1.82, 2.24) is 14.7 Å². The third kappa shape index (κ3) is 3.22. The molecular formula is C15H25N3O2. The molecule has 0 unspecified atom stereocenters. The van der Waals surface area contributed by atoms with Crippen LogP contribution < -0.4 is 0 Å². The fourth-order valence-corrected chi connectivity index (χ4v) is 3.45. The molecule has 0 aliphatic carbocycles. The average Bonchev–Trinajstić information content (AvgIpc) is 2.97. The summed E-state index contributed by atoms with van der Waals surface area (Å²) in [4.78, 5) is 2.64. The van der Waals surface area contributed by atoms with Gasteiger partial charge in [-0.3, -0.25) is 9.58 Å². The van der Waals surface area contributed by atoms with E-state index in [1.54, 1.807) is 0 Å². The molecular weight excluding hydrogens is 254 g/mol.